The quantitative estimate of drug-likeness (QED) is 0.554. The van der Waals surface area contributed by atoms with E-state index in [9.17, 15) is 8.42 Å². The molecule has 0 radical (unpaired) electrons. The van der Waals surface area contributed by atoms with E-state index in [-0.39, 0.29) is 0 Å². The Hall–Kier alpha value is -1.16. The summed E-state index contributed by atoms with van der Waals surface area (Å²) in [5.74, 6) is 0.653. The van der Waals surface area contributed by atoms with E-state index in [0.717, 1.165) is 20.1 Å². The maximum atomic E-state index is 12.8. The van der Waals surface area contributed by atoms with Crippen molar-refractivity contribution in [3.8, 4) is 0 Å². The van der Waals surface area contributed by atoms with Crippen LogP contribution in [0.25, 0.3) is 10.2 Å². The molecule has 2 heterocycles. The van der Waals surface area contributed by atoms with Gasteiger partial charge in [-0.05, 0) is 35.9 Å². The average Bonchev–Trinajstić information content (AvgIpc) is 3.09. The van der Waals surface area contributed by atoms with Crippen molar-refractivity contribution in [1.82, 2.24) is 9.29 Å². The van der Waals surface area contributed by atoms with Crippen LogP contribution in [0.1, 0.15) is 5.56 Å². The Balaban J connectivity index is 1.50. The molecule has 1 aliphatic heterocycles. The number of rotatable bonds is 5. The number of hydrogen-bond acceptors (Lipinski definition) is 6. The van der Waals surface area contributed by atoms with Gasteiger partial charge in [-0.25, -0.2) is 13.4 Å². The molecule has 9 heteroatoms. The van der Waals surface area contributed by atoms with Crippen molar-refractivity contribution in [1.29, 1.82) is 0 Å². The van der Waals surface area contributed by atoms with Gasteiger partial charge in [-0.3, -0.25) is 0 Å². The van der Waals surface area contributed by atoms with Crippen LogP contribution in [0.5, 0.6) is 0 Å². The minimum absolute atomic E-state index is 0.332. The van der Waals surface area contributed by atoms with E-state index >= 15 is 0 Å². The molecule has 1 saturated heterocycles. The van der Waals surface area contributed by atoms with Crippen molar-refractivity contribution in [2.45, 2.75) is 15.0 Å². The molecular formula is C18H17ClN2O3S3. The fraction of sp³-hybridized carbons (Fsp3) is 0.278. The summed E-state index contributed by atoms with van der Waals surface area (Å²) in [5.41, 5.74) is 1.84. The van der Waals surface area contributed by atoms with Gasteiger partial charge in [0.1, 0.15) is 0 Å². The molecule has 4 rings (SSSR count). The first-order valence-electron chi connectivity index (χ1n) is 8.38. The molecular weight excluding hydrogens is 424 g/mol. The predicted molar refractivity (Wildman–Crippen MR) is 110 cm³/mol. The molecule has 27 heavy (non-hydrogen) atoms. The summed E-state index contributed by atoms with van der Waals surface area (Å²) in [5, 5.41) is 0.672. The van der Waals surface area contributed by atoms with Crippen LogP contribution in [-0.4, -0.2) is 44.0 Å². The Morgan fingerprint density at radius 2 is 2.00 bits per heavy atom. The number of nitrogens with zero attached hydrogens (tertiary/aromatic N) is 2. The molecule has 0 aliphatic carbocycles. The van der Waals surface area contributed by atoms with E-state index < -0.39 is 10.0 Å². The zero-order valence-corrected chi connectivity index (χ0v) is 17.5. The van der Waals surface area contributed by atoms with E-state index in [1.54, 1.807) is 41.3 Å². The number of thiazole rings is 1. The highest BCUT2D eigenvalue weighted by Gasteiger charge is 2.26. The lowest BCUT2D eigenvalue weighted by Gasteiger charge is -2.26. The predicted octanol–water partition coefficient (Wildman–Crippen LogP) is 4.26. The van der Waals surface area contributed by atoms with Crippen molar-refractivity contribution < 1.29 is 13.2 Å². The summed E-state index contributed by atoms with van der Waals surface area (Å²) in [6.45, 7) is 1.68. The van der Waals surface area contributed by atoms with Crippen molar-refractivity contribution >= 4 is 54.9 Å². The molecule has 3 aromatic rings. The molecule has 0 bridgehead atoms. The standard InChI is InChI=1S/C18H17ClN2O3S3/c19-14-4-5-17-16(11-14)20-18(26-17)25-12-13-2-1-3-15(10-13)27(22,23)21-6-8-24-9-7-21/h1-5,10-11H,6-9,12H2. The van der Waals surface area contributed by atoms with Gasteiger partial charge in [0.05, 0.1) is 28.3 Å². The first kappa shape index (κ1) is 19.2. The van der Waals surface area contributed by atoms with Crippen LogP contribution in [-0.2, 0) is 20.5 Å². The molecule has 1 fully saturated rings. The molecule has 142 valence electrons. The van der Waals surface area contributed by atoms with Crippen LogP contribution in [0.3, 0.4) is 0 Å². The largest absolute Gasteiger partial charge is 0.379 e. The minimum Gasteiger partial charge on any atom is -0.379 e. The van der Waals surface area contributed by atoms with Gasteiger partial charge in [0, 0.05) is 23.9 Å². The fourth-order valence-electron chi connectivity index (χ4n) is 2.82. The van der Waals surface area contributed by atoms with Crippen molar-refractivity contribution in [3.63, 3.8) is 0 Å². The zero-order valence-electron chi connectivity index (χ0n) is 14.3. The number of morpholine rings is 1. The number of hydrogen-bond donors (Lipinski definition) is 0. The van der Waals surface area contributed by atoms with Crippen LogP contribution in [0, 0.1) is 0 Å². The highest BCUT2D eigenvalue weighted by molar-refractivity contribution is 8.00. The summed E-state index contributed by atoms with van der Waals surface area (Å²) in [7, 11) is -3.48. The van der Waals surface area contributed by atoms with Gasteiger partial charge in [-0.15, -0.1) is 11.3 Å². The number of halogens is 1. The van der Waals surface area contributed by atoms with Crippen LogP contribution < -0.4 is 0 Å². The molecule has 0 saturated carbocycles. The fourth-order valence-corrected chi connectivity index (χ4v) is 6.45. The lowest BCUT2D eigenvalue weighted by Crippen LogP contribution is -2.40. The van der Waals surface area contributed by atoms with Gasteiger partial charge in [-0.1, -0.05) is 35.5 Å². The second-order valence-electron chi connectivity index (χ2n) is 6.04. The maximum Gasteiger partial charge on any atom is 0.243 e. The first-order valence-corrected chi connectivity index (χ1v) is 12.0. The summed E-state index contributed by atoms with van der Waals surface area (Å²) in [4.78, 5) is 4.92. The smallest absolute Gasteiger partial charge is 0.243 e. The summed E-state index contributed by atoms with van der Waals surface area (Å²) in [6.07, 6.45) is 0. The number of thioether (sulfide) groups is 1. The molecule has 5 nitrogen and oxygen atoms in total. The number of fused-ring (bicyclic) bond motifs is 1. The molecule has 0 atom stereocenters. The lowest BCUT2D eigenvalue weighted by molar-refractivity contribution is 0.0730. The van der Waals surface area contributed by atoms with Crippen LogP contribution in [0.2, 0.25) is 5.02 Å². The third kappa shape index (κ3) is 4.31. The molecule has 1 aromatic heterocycles. The van der Waals surface area contributed by atoms with Crippen LogP contribution >= 0.6 is 34.7 Å². The topological polar surface area (TPSA) is 59.5 Å². The Morgan fingerprint density at radius 3 is 2.81 bits per heavy atom. The van der Waals surface area contributed by atoms with Gasteiger partial charge in [-0.2, -0.15) is 4.31 Å². The van der Waals surface area contributed by atoms with Gasteiger partial charge in [0.25, 0.3) is 0 Å². The summed E-state index contributed by atoms with van der Waals surface area (Å²) >= 11 is 9.22. The van der Waals surface area contributed by atoms with E-state index in [4.69, 9.17) is 16.3 Å². The van der Waals surface area contributed by atoms with E-state index in [1.165, 1.54) is 4.31 Å². The van der Waals surface area contributed by atoms with Crippen molar-refractivity contribution in [3.05, 3.63) is 53.1 Å². The monoisotopic (exact) mass is 440 g/mol. The van der Waals surface area contributed by atoms with Gasteiger partial charge in [0.2, 0.25) is 10.0 Å². The zero-order chi connectivity index (χ0) is 18.9. The SMILES string of the molecule is O=S(=O)(c1cccc(CSc2nc3cc(Cl)ccc3s2)c1)N1CCOCC1. The van der Waals surface area contributed by atoms with Gasteiger partial charge in [0.15, 0.2) is 4.34 Å². The number of ether oxygens (including phenoxy) is 1. The molecule has 0 amide bonds. The van der Waals surface area contributed by atoms with E-state index in [0.29, 0.717) is 42.0 Å². The lowest BCUT2D eigenvalue weighted by atomic mass is 10.2. The second-order valence-corrected chi connectivity index (χ2v) is 10.7. The van der Waals surface area contributed by atoms with Crippen LogP contribution in [0.15, 0.2) is 51.7 Å². The summed E-state index contributed by atoms with van der Waals surface area (Å²) < 4.78 is 34.4. The number of aromatic nitrogens is 1. The maximum absolute atomic E-state index is 12.8. The molecule has 0 spiro atoms. The normalized spacial score (nSPS) is 16.0. The summed E-state index contributed by atoms with van der Waals surface area (Å²) in [6, 6.07) is 12.8. The van der Waals surface area contributed by atoms with Crippen molar-refractivity contribution in [2.75, 3.05) is 26.3 Å². The minimum atomic E-state index is -3.48. The van der Waals surface area contributed by atoms with Crippen molar-refractivity contribution in [2.24, 2.45) is 0 Å². The molecule has 1 aliphatic rings. The Labute approximate surface area is 171 Å². The third-order valence-electron chi connectivity index (χ3n) is 4.20. The average molecular weight is 441 g/mol. The molecule has 0 N–H and O–H groups in total. The van der Waals surface area contributed by atoms with Gasteiger partial charge < -0.3 is 4.74 Å². The van der Waals surface area contributed by atoms with E-state index in [2.05, 4.69) is 4.98 Å². The molecule has 2 aromatic carbocycles. The Morgan fingerprint density at radius 1 is 1.19 bits per heavy atom. The molecule has 0 unspecified atom stereocenters. The Kier molecular flexibility index (Phi) is 5.73. The van der Waals surface area contributed by atoms with E-state index in [1.807, 2.05) is 24.3 Å². The third-order valence-corrected chi connectivity index (χ3v) is 8.58. The number of sulfonamides is 1. The first-order chi connectivity index (χ1) is 13.0. The Bertz CT molecular complexity index is 1060. The second kappa shape index (κ2) is 8.06. The highest BCUT2D eigenvalue weighted by Crippen LogP contribution is 2.33. The van der Waals surface area contributed by atoms with Crippen LogP contribution in [0.4, 0.5) is 0 Å². The van der Waals surface area contributed by atoms with Gasteiger partial charge >= 0.3 is 0 Å². The highest BCUT2D eigenvalue weighted by atomic mass is 35.5. The number of benzene rings is 2.